The van der Waals surface area contributed by atoms with E-state index >= 15 is 0 Å². The maximum absolute atomic E-state index is 11.1. The summed E-state index contributed by atoms with van der Waals surface area (Å²) in [6, 6.07) is 6.56. The first kappa shape index (κ1) is 15.5. The second-order valence-corrected chi connectivity index (χ2v) is 5.68. The van der Waals surface area contributed by atoms with Crippen LogP contribution in [-0.4, -0.2) is 29.0 Å². The average Bonchev–Trinajstić information content (AvgIpc) is 2.39. The molecule has 1 unspecified atom stereocenters. The second kappa shape index (κ2) is 7.78. The number of hydrogen-bond acceptors (Lipinski definition) is 5. The zero-order chi connectivity index (χ0) is 14.3. The van der Waals surface area contributed by atoms with Gasteiger partial charge in [0.1, 0.15) is 0 Å². The van der Waals surface area contributed by atoms with E-state index < -0.39 is 4.92 Å². The van der Waals surface area contributed by atoms with Crippen LogP contribution in [0.2, 0.25) is 0 Å². The minimum atomic E-state index is -0.406. The maximum Gasteiger partial charge on any atom is 0.306 e. The summed E-state index contributed by atoms with van der Waals surface area (Å²) in [4.78, 5) is 21.2. The molecule has 0 aromatic heterocycles. The summed E-state index contributed by atoms with van der Waals surface area (Å²) in [7, 11) is 1.39. The maximum atomic E-state index is 11.1. The van der Waals surface area contributed by atoms with Gasteiger partial charge in [-0.2, -0.15) is 11.8 Å². The third kappa shape index (κ3) is 5.74. The number of nitro benzene ring substituents is 1. The van der Waals surface area contributed by atoms with E-state index in [1.165, 1.54) is 19.2 Å². The van der Waals surface area contributed by atoms with Gasteiger partial charge in [-0.1, -0.05) is 19.1 Å². The quantitative estimate of drug-likeness (QED) is 0.437. The van der Waals surface area contributed by atoms with Crippen molar-refractivity contribution in [1.82, 2.24) is 0 Å². The molecule has 0 heterocycles. The lowest BCUT2D eigenvalue weighted by Gasteiger charge is -2.09. The molecular weight excluding hydrogens is 266 g/mol. The van der Waals surface area contributed by atoms with Gasteiger partial charge in [-0.25, -0.2) is 0 Å². The highest BCUT2D eigenvalue weighted by atomic mass is 32.2. The van der Waals surface area contributed by atoms with Gasteiger partial charge in [-0.3, -0.25) is 14.9 Å². The Bertz CT molecular complexity index is 433. The van der Waals surface area contributed by atoms with E-state index in [-0.39, 0.29) is 16.9 Å². The molecule has 0 aliphatic rings. The molecule has 1 rings (SSSR count). The SMILES string of the molecule is COC(=O)CC(C)SCCc1ccc([N+](=O)[O-])cc1. The number of rotatable bonds is 7. The Labute approximate surface area is 116 Å². The van der Waals surface area contributed by atoms with Gasteiger partial charge < -0.3 is 4.74 Å². The van der Waals surface area contributed by atoms with Crippen LogP contribution in [0.25, 0.3) is 0 Å². The first-order valence-electron chi connectivity index (χ1n) is 5.94. The molecule has 0 bridgehead atoms. The van der Waals surface area contributed by atoms with Crippen molar-refractivity contribution in [3.63, 3.8) is 0 Å². The lowest BCUT2D eigenvalue weighted by atomic mass is 10.1. The summed E-state index contributed by atoms with van der Waals surface area (Å²) >= 11 is 1.69. The van der Waals surface area contributed by atoms with Gasteiger partial charge in [0.25, 0.3) is 5.69 Å². The molecule has 0 aliphatic carbocycles. The van der Waals surface area contributed by atoms with Crippen LogP contribution in [0, 0.1) is 10.1 Å². The van der Waals surface area contributed by atoms with Crippen molar-refractivity contribution in [2.24, 2.45) is 0 Å². The van der Waals surface area contributed by atoms with E-state index in [9.17, 15) is 14.9 Å². The van der Waals surface area contributed by atoms with Gasteiger partial charge in [0.15, 0.2) is 0 Å². The Morgan fingerprint density at radius 3 is 2.58 bits per heavy atom. The summed E-state index contributed by atoms with van der Waals surface area (Å²) in [5.74, 6) is 0.672. The van der Waals surface area contributed by atoms with Gasteiger partial charge in [0.2, 0.25) is 0 Å². The van der Waals surface area contributed by atoms with Crippen molar-refractivity contribution in [1.29, 1.82) is 0 Å². The highest BCUT2D eigenvalue weighted by Crippen LogP contribution is 2.18. The Morgan fingerprint density at radius 2 is 2.05 bits per heavy atom. The molecule has 1 atom stereocenters. The molecule has 0 radical (unpaired) electrons. The van der Waals surface area contributed by atoms with Crippen LogP contribution >= 0.6 is 11.8 Å². The molecule has 1 aromatic rings. The normalized spacial score (nSPS) is 11.9. The predicted octanol–water partition coefficient (Wildman–Crippen LogP) is 2.82. The van der Waals surface area contributed by atoms with Crippen LogP contribution in [0.15, 0.2) is 24.3 Å². The number of nitrogens with zero attached hydrogens (tertiary/aromatic N) is 1. The van der Waals surface area contributed by atoms with Crippen LogP contribution in [0.4, 0.5) is 5.69 Å². The molecule has 6 heteroatoms. The van der Waals surface area contributed by atoms with E-state index in [1.54, 1.807) is 23.9 Å². The first-order valence-corrected chi connectivity index (χ1v) is 6.99. The van der Waals surface area contributed by atoms with Gasteiger partial charge in [-0.05, 0) is 17.7 Å². The van der Waals surface area contributed by atoms with Crippen LogP contribution < -0.4 is 0 Å². The van der Waals surface area contributed by atoms with E-state index in [2.05, 4.69) is 4.74 Å². The lowest BCUT2D eigenvalue weighted by Crippen LogP contribution is -2.09. The van der Waals surface area contributed by atoms with Crippen molar-refractivity contribution in [3.05, 3.63) is 39.9 Å². The topological polar surface area (TPSA) is 69.4 Å². The molecule has 0 saturated carbocycles. The fourth-order valence-electron chi connectivity index (χ4n) is 1.54. The zero-order valence-electron chi connectivity index (χ0n) is 11.0. The molecule has 0 N–H and O–H groups in total. The van der Waals surface area contributed by atoms with Crippen molar-refractivity contribution < 1.29 is 14.5 Å². The molecular formula is C13H17NO4S. The number of carbonyl (C=O) groups excluding carboxylic acids is 1. The number of nitro groups is 1. The monoisotopic (exact) mass is 283 g/mol. The molecule has 0 amide bonds. The summed E-state index contributed by atoms with van der Waals surface area (Å²) in [6.45, 7) is 1.98. The highest BCUT2D eigenvalue weighted by Gasteiger charge is 2.09. The summed E-state index contributed by atoms with van der Waals surface area (Å²) in [6.07, 6.45) is 1.23. The number of benzene rings is 1. The Morgan fingerprint density at radius 1 is 1.42 bits per heavy atom. The third-order valence-corrected chi connectivity index (χ3v) is 3.80. The van der Waals surface area contributed by atoms with Gasteiger partial charge in [0.05, 0.1) is 18.5 Å². The molecule has 104 valence electrons. The molecule has 0 saturated heterocycles. The van der Waals surface area contributed by atoms with Crippen molar-refractivity contribution in [2.45, 2.75) is 25.0 Å². The Balaban J connectivity index is 2.33. The van der Waals surface area contributed by atoms with Crippen LogP contribution in [0.3, 0.4) is 0 Å². The van der Waals surface area contributed by atoms with E-state index in [0.29, 0.717) is 6.42 Å². The average molecular weight is 283 g/mol. The van der Waals surface area contributed by atoms with Gasteiger partial charge >= 0.3 is 5.97 Å². The number of esters is 1. The van der Waals surface area contributed by atoms with E-state index in [4.69, 9.17) is 0 Å². The number of carbonyl (C=O) groups is 1. The highest BCUT2D eigenvalue weighted by molar-refractivity contribution is 7.99. The van der Waals surface area contributed by atoms with Crippen molar-refractivity contribution >= 4 is 23.4 Å². The fourth-order valence-corrected chi connectivity index (χ4v) is 2.55. The molecule has 5 nitrogen and oxygen atoms in total. The van der Waals surface area contributed by atoms with Crippen molar-refractivity contribution in [2.75, 3.05) is 12.9 Å². The first-order chi connectivity index (χ1) is 9.02. The van der Waals surface area contributed by atoms with E-state index in [0.717, 1.165) is 17.7 Å². The second-order valence-electron chi connectivity index (χ2n) is 4.14. The minimum absolute atomic E-state index is 0.107. The predicted molar refractivity (Wildman–Crippen MR) is 75.4 cm³/mol. The minimum Gasteiger partial charge on any atom is -0.469 e. The molecule has 0 spiro atoms. The number of non-ortho nitro benzene ring substituents is 1. The van der Waals surface area contributed by atoms with Gasteiger partial charge in [-0.15, -0.1) is 0 Å². The fraction of sp³-hybridized carbons (Fsp3) is 0.462. The Kier molecular flexibility index (Phi) is 6.35. The summed E-state index contributed by atoms with van der Waals surface area (Å²) in [5, 5.41) is 10.7. The summed E-state index contributed by atoms with van der Waals surface area (Å²) < 4.78 is 4.60. The number of methoxy groups -OCH3 is 1. The van der Waals surface area contributed by atoms with Crippen molar-refractivity contribution in [3.8, 4) is 0 Å². The van der Waals surface area contributed by atoms with Crippen LogP contribution in [-0.2, 0) is 16.0 Å². The summed E-state index contributed by atoms with van der Waals surface area (Å²) in [5.41, 5.74) is 1.17. The molecule has 1 aromatic carbocycles. The van der Waals surface area contributed by atoms with Gasteiger partial charge in [0, 0.05) is 17.4 Å². The number of hydrogen-bond donors (Lipinski definition) is 0. The number of aryl methyl sites for hydroxylation is 1. The molecule has 19 heavy (non-hydrogen) atoms. The largest absolute Gasteiger partial charge is 0.469 e. The van der Waals surface area contributed by atoms with Crippen LogP contribution in [0.1, 0.15) is 18.9 Å². The molecule has 0 aliphatic heterocycles. The standard InChI is InChI=1S/C13H17NO4S/c1-10(9-13(15)18-2)19-8-7-11-3-5-12(6-4-11)14(16)17/h3-6,10H,7-9H2,1-2H3. The molecule has 0 fully saturated rings. The number of ether oxygens (including phenoxy) is 1. The third-order valence-electron chi connectivity index (χ3n) is 2.62. The zero-order valence-corrected chi connectivity index (χ0v) is 11.8. The Hall–Kier alpha value is -1.56. The van der Waals surface area contributed by atoms with Crippen LogP contribution in [0.5, 0.6) is 0 Å². The van der Waals surface area contributed by atoms with E-state index in [1.807, 2.05) is 6.92 Å². The lowest BCUT2D eigenvalue weighted by molar-refractivity contribution is -0.384. The smallest absolute Gasteiger partial charge is 0.306 e. The number of thioether (sulfide) groups is 1.